The van der Waals surface area contributed by atoms with Gasteiger partial charge in [-0.2, -0.15) is 0 Å². The third kappa shape index (κ3) is 1.99. The molecule has 0 amide bonds. The molecule has 0 bridgehead atoms. The Morgan fingerprint density at radius 2 is 2.18 bits per heavy atom. The van der Waals surface area contributed by atoms with Gasteiger partial charge in [-0.1, -0.05) is 0 Å². The van der Waals surface area contributed by atoms with Crippen LogP contribution in [0.5, 0.6) is 0 Å². The minimum Gasteiger partial charge on any atom is -0.395 e. The van der Waals surface area contributed by atoms with Crippen LogP contribution in [-0.4, -0.2) is 40.8 Å². The number of nitrogens with one attached hydrogen (secondary N) is 1. The highest BCUT2D eigenvalue weighted by Gasteiger charge is 2.10. The van der Waals surface area contributed by atoms with E-state index in [0.29, 0.717) is 6.54 Å². The molecule has 0 aliphatic carbocycles. The highest BCUT2D eigenvalue weighted by Crippen LogP contribution is 2.22. The molecule has 0 atom stereocenters. The highest BCUT2D eigenvalue weighted by atomic mass is 16.3. The number of aliphatic hydroxyl groups excluding tert-OH is 1. The van der Waals surface area contributed by atoms with Gasteiger partial charge in [-0.25, -0.2) is 15.0 Å². The zero-order valence-electron chi connectivity index (χ0n) is 11.7. The molecule has 0 unspecified atom stereocenters. The van der Waals surface area contributed by atoms with Crippen molar-refractivity contribution in [1.82, 2.24) is 29.1 Å². The van der Waals surface area contributed by atoms with Crippen molar-refractivity contribution in [2.24, 2.45) is 0 Å². The van der Waals surface area contributed by atoms with E-state index in [1.54, 1.807) is 25.0 Å². The SMILES string of the molecule is OCCn1cnc2cc(-n3ccnc3-c3cnc[nH]3)ccc21. The molecule has 0 aliphatic heterocycles. The van der Waals surface area contributed by atoms with Crippen molar-refractivity contribution in [3.8, 4) is 17.2 Å². The number of aliphatic hydroxyl groups is 1. The van der Waals surface area contributed by atoms with Gasteiger partial charge in [0.1, 0.15) is 5.69 Å². The number of rotatable bonds is 4. The summed E-state index contributed by atoms with van der Waals surface area (Å²) in [4.78, 5) is 15.9. The third-order valence-corrected chi connectivity index (χ3v) is 3.60. The van der Waals surface area contributed by atoms with E-state index in [-0.39, 0.29) is 6.61 Å². The smallest absolute Gasteiger partial charge is 0.162 e. The van der Waals surface area contributed by atoms with Crippen molar-refractivity contribution in [2.75, 3.05) is 6.61 Å². The van der Waals surface area contributed by atoms with E-state index in [1.165, 1.54) is 0 Å². The Bertz CT molecular complexity index is 905. The summed E-state index contributed by atoms with van der Waals surface area (Å²) in [6.45, 7) is 0.638. The van der Waals surface area contributed by atoms with Gasteiger partial charge >= 0.3 is 0 Å². The molecular formula is C15H14N6O. The molecule has 7 nitrogen and oxygen atoms in total. The van der Waals surface area contributed by atoms with E-state index in [4.69, 9.17) is 5.11 Å². The standard InChI is InChI=1S/C15H14N6O/c22-6-5-20-10-19-12-7-11(1-2-14(12)20)21-4-3-17-15(21)13-8-16-9-18-13/h1-4,7-10,22H,5-6H2,(H,16,18). The largest absolute Gasteiger partial charge is 0.395 e. The first-order valence-corrected chi connectivity index (χ1v) is 6.95. The number of imidazole rings is 3. The highest BCUT2D eigenvalue weighted by molar-refractivity contribution is 5.78. The maximum atomic E-state index is 9.07. The zero-order chi connectivity index (χ0) is 14.9. The van der Waals surface area contributed by atoms with Gasteiger partial charge in [-0.05, 0) is 18.2 Å². The summed E-state index contributed by atoms with van der Waals surface area (Å²) >= 11 is 0. The molecule has 0 saturated carbocycles. The van der Waals surface area contributed by atoms with Gasteiger partial charge in [0, 0.05) is 24.6 Å². The van der Waals surface area contributed by atoms with Crippen molar-refractivity contribution in [3.05, 3.63) is 49.4 Å². The molecule has 2 N–H and O–H groups in total. The molecule has 4 rings (SSSR count). The van der Waals surface area contributed by atoms with Crippen molar-refractivity contribution in [3.63, 3.8) is 0 Å². The summed E-state index contributed by atoms with van der Waals surface area (Å²) in [5.74, 6) is 0.798. The molecule has 0 fully saturated rings. The van der Waals surface area contributed by atoms with E-state index in [1.807, 2.05) is 33.5 Å². The lowest BCUT2D eigenvalue weighted by Gasteiger charge is -2.07. The minimum absolute atomic E-state index is 0.0959. The quantitative estimate of drug-likeness (QED) is 0.599. The molecule has 3 heterocycles. The molecule has 1 aromatic carbocycles. The van der Waals surface area contributed by atoms with E-state index < -0.39 is 0 Å². The normalized spacial score (nSPS) is 11.3. The fourth-order valence-corrected chi connectivity index (χ4v) is 2.58. The second-order valence-electron chi connectivity index (χ2n) is 4.92. The monoisotopic (exact) mass is 294 g/mol. The number of aromatic amines is 1. The lowest BCUT2D eigenvalue weighted by molar-refractivity contribution is 0.278. The zero-order valence-corrected chi connectivity index (χ0v) is 11.7. The molecule has 3 aromatic heterocycles. The van der Waals surface area contributed by atoms with Crippen molar-refractivity contribution >= 4 is 11.0 Å². The topological polar surface area (TPSA) is 84.5 Å². The van der Waals surface area contributed by atoms with Crippen LogP contribution in [0.1, 0.15) is 0 Å². The fourth-order valence-electron chi connectivity index (χ4n) is 2.58. The molecular weight excluding hydrogens is 280 g/mol. The number of aromatic nitrogens is 6. The number of fused-ring (bicyclic) bond motifs is 1. The first kappa shape index (κ1) is 12.8. The number of hydrogen-bond acceptors (Lipinski definition) is 4. The van der Waals surface area contributed by atoms with Gasteiger partial charge < -0.3 is 14.7 Å². The third-order valence-electron chi connectivity index (χ3n) is 3.60. The van der Waals surface area contributed by atoms with Gasteiger partial charge in [0.2, 0.25) is 0 Å². The number of nitrogens with zero attached hydrogens (tertiary/aromatic N) is 5. The summed E-state index contributed by atoms with van der Waals surface area (Å²) in [6, 6.07) is 6.02. The average molecular weight is 294 g/mol. The molecule has 110 valence electrons. The van der Waals surface area contributed by atoms with Crippen LogP contribution in [0.3, 0.4) is 0 Å². The Morgan fingerprint density at radius 1 is 1.23 bits per heavy atom. The lowest BCUT2D eigenvalue weighted by atomic mass is 10.2. The summed E-state index contributed by atoms with van der Waals surface area (Å²) in [5.41, 5.74) is 3.72. The Kier molecular flexibility index (Phi) is 2.97. The van der Waals surface area contributed by atoms with E-state index in [0.717, 1.165) is 28.2 Å². The van der Waals surface area contributed by atoms with Crippen LogP contribution in [0.4, 0.5) is 0 Å². The van der Waals surface area contributed by atoms with Gasteiger partial charge in [0.05, 0.1) is 36.5 Å². The van der Waals surface area contributed by atoms with Crippen molar-refractivity contribution in [1.29, 1.82) is 0 Å². The Labute approximate surface area is 125 Å². The van der Waals surface area contributed by atoms with Crippen LogP contribution in [-0.2, 0) is 6.54 Å². The summed E-state index contributed by atoms with van der Waals surface area (Å²) < 4.78 is 3.92. The maximum Gasteiger partial charge on any atom is 0.162 e. The summed E-state index contributed by atoms with van der Waals surface area (Å²) in [6.07, 6.45) is 8.78. The van der Waals surface area contributed by atoms with Crippen LogP contribution < -0.4 is 0 Å². The molecule has 0 aliphatic rings. The Balaban J connectivity index is 1.81. The Hall–Kier alpha value is -2.93. The summed E-state index contributed by atoms with van der Waals surface area (Å²) in [7, 11) is 0. The Morgan fingerprint density at radius 3 is 3.00 bits per heavy atom. The second-order valence-corrected chi connectivity index (χ2v) is 4.92. The molecule has 7 heteroatoms. The van der Waals surface area contributed by atoms with E-state index in [2.05, 4.69) is 19.9 Å². The van der Waals surface area contributed by atoms with Crippen LogP contribution in [0.2, 0.25) is 0 Å². The maximum absolute atomic E-state index is 9.07. The molecule has 0 spiro atoms. The predicted molar refractivity (Wildman–Crippen MR) is 81.5 cm³/mol. The molecule has 22 heavy (non-hydrogen) atoms. The lowest BCUT2D eigenvalue weighted by Crippen LogP contribution is -2.00. The molecule has 4 aromatic rings. The molecule has 0 radical (unpaired) electrons. The van der Waals surface area contributed by atoms with Crippen LogP contribution >= 0.6 is 0 Å². The number of benzene rings is 1. The first-order chi connectivity index (χ1) is 10.9. The van der Waals surface area contributed by atoms with Gasteiger partial charge in [-0.15, -0.1) is 0 Å². The van der Waals surface area contributed by atoms with Crippen molar-refractivity contribution in [2.45, 2.75) is 6.54 Å². The minimum atomic E-state index is 0.0959. The first-order valence-electron chi connectivity index (χ1n) is 6.95. The average Bonchev–Trinajstić information content (AvgIpc) is 3.27. The van der Waals surface area contributed by atoms with Gasteiger partial charge in [-0.3, -0.25) is 4.57 Å². The number of H-pyrrole nitrogens is 1. The predicted octanol–water partition coefficient (Wildman–Crippen LogP) is 1.60. The van der Waals surface area contributed by atoms with Crippen LogP contribution in [0, 0.1) is 0 Å². The fraction of sp³-hybridized carbons (Fsp3) is 0.133. The van der Waals surface area contributed by atoms with Gasteiger partial charge in [0.25, 0.3) is 0 Å². The second kappa shape index (κ2) is 5.12. The van der Waals surface area contributed by atoms with E-state index >= 15 is 0 Å². The van der Waals surface area contributed by atoms with Crippen LogP contribution in [0.25, 0.3) is 28.2 Å². The van der Waals surface area contributed by atoms with Crippen LogP contribution in [0.15, 0.2) is 49.4 Å². The van der Waals surface area contributed by atoms with Gasteiger partial charge in [0.15, 0.2) is 5.82 Å². The van der Waals surface area contributed by atoms with E-state index in [9.17, 15) is 0 Å². The number of hydrogen-bond donors (Lipinski definition) is 2. The summed E-state index contributed by atoms with van der Waals surface area (Å²) in [5, 5.41) is 9.07. The molecule has 0 saturated heterocycles. The van der Waals surface area contributed by atoms with Crippen molar-refractivity contribution < 1.29 is 5.11 Å².